The Morgan fingerprint density at radius 3 is 2.39 bits per heavy atom. The third-order valence-electron chi connectivity index (χ3n) is 4.22. The molecule has 1 aromatic rings. The molecule has 0 bridgehead atoms. The van der Waals surface area contributed by atoms with E-state index >= 15 is 0 Å². The summed E-state index contributed by atoms with van der Waals surface area (Å²) in [6.45, 7) is 6.63. The Bertz CT molecular complexity index is 406. The molecule has 2 rings (SSSR count). The third-order valence-corrected chi connectivity index (χ3v) is 4.46. The van der Waals surface area contributed by atoms with E-state index in [4.69, 9.17) is 11.6 Å². The number of aryl methyl sites for hydroxylation is 1. The summed E-state index contributed by atoms with van der Waals surface area (Å²) in [6, 6.07) is 5.81. The predicted octanol–water partition coefficient (Wildman–Crippen LogP) is 4.75. The number of aliphatic hydroxyl groups excluding tert-OH is 1. The Kier molecular flexibility index (Phi) is 4.34. The number of aliphatic hydroxyl groups is 1. The van der Waals surface area contributed by atoms with E-state index in [1.165, 1.54) is 6.42 Å². The second-order valence-electron chi connectivity index (χ2n) is 6.12. The van der Waals surface area contributed by atoms with Crippen LogP contribution in [0.3, 0.4) is 0 Å². The lowest BCUT2D eigenvalue weighted by atomic mass is 9.73. The van der Waals surface area contributed by atoms with Gasteiger partial charge in [-0.15, -0.1) is 0 Å². The molecule has 1 aliphatic carbocycles. The number of hydrogen-bond acceptors (Lipinski definition) is 1. The molecule has 1 N–H and O–H groups in total. The van der Waals surface area contributed by atoms with Crippen LogP contribution in [0.4, 0.5) is 0 Å². The fourth-order valence-electron chi connectivity index (χ4n) is 3.45. The second kappa shape index (κ2) is 5.63. The number of rotatable bonds is 2. The molecule has 1 fully saturated rings. The SMILES string of the molecule is Cc1ccc(Cl)cc1C(O)C1CC(C)CC(C)C1. The van der Waals surface area contributed by atoms with Gasteiger partial charge in [0.1, 0.15) is 0 Å². The van der Waals surface area contributed by atoms with Crippen LogP contribution in [0.2, 0.25) is 5.02 Å². The van der Waals surface area contributed by atoms with Crippen molar-refractivity contribution in [2.24, 2.45) is 17.8 Å². The average Bonchev–Trinajstić information content (AvgIpc) is 2.30. The zero-order valence-corrected chi connectivity index (χ0v) is 12.2. The minimum atomic E-state index is -0.367. The summed E-state index contributed by atoms with van der Waals surface area (Å²) in [5.41, 5.74) is 2.14. The quantitative estimate of drug-likeness (QED) is 0.819. The van der Waals surface area contributed by atoms with E-state index in [9.17, 15) is 5.11 Å². The van der Waals surface area contributed by atoms with Gasteiger partial charge in [-0.25, -0.2) is 0 Å². The molecule has 1 saturated carbocycles. The van der Waals surface area contributed by atoms with Crippen molar-refractivity contribution in [2.45, 2.75) is 46.1 Å². The van der Waals surface area contributed by atoms with E-state index in [1.54, 1.807) is 0 Å². The maximum Gasteiger partial charge on any atom is 0.0821 e. The highest BCUT2D eigenvalue weighted by atomic mass is 35.5. The van der Waals surface area contributed by atoms with Gasteiger partial charge in [-0.1, -0.05) is 31.5 Å². The molecule has 0 radical (unpaired) electrons. The molecule has 3 atom stereocenters. The Morgan fingerprint density at radius 2 is 1.78 bits per heavy atom. The molecule has 100 valence electrons. The van der Waals surface area contributed by atoms with Gasteiger partial charge in [-0.2, -0.15) is 0 Å². The first-order valence-electron chi connectivity index (χ1n) is 6.91. The summed E-state index contributed by atoms with van der Waals surface area (Å²) in [5.74, 6) is 1.81. The summed E-state index contributed by atoms with van der Waals surface area (Å²) in [4.78, 5) is 0. The van der Waals surface area contributed by atoms with Crippen molar-refractivity contribution < 1.29 is 5.11 Å². The number of benzene rings is 1. The lowest BCUT2D eigenvalue weighted by Crippen LogP contribution is -2.25. The summed E-state index contributed by atoms with van der Waals surface area (Å²) < 4.78 is 0. The average molecular weight is 267 g/mol. The largest absolute Gasteiger partial charge is 0.388 e. The van der Waals surface area contributed by atoms with Gasteiger partial charge < -0.3 is 5.11 Å². The molecular formula is C16H23ClO. The van der Waals surface area contributed by atoms with Crippen molar-refractivity contribution in [1.29, 1.82) is 0 Å². The monoisotopic (exact) mass is 266 g/mol. The van der Waals surface area contributed by atoms with Gasteiger partial charge in [0, 0.05) is 5.02 Å². The van der Waals surface area contributed by atoms with E-state index in [0.29, 0.717) is 22.8 Å². The summed E-state index contributed by atoms with van der Waals surface area (Å²) in [5, 5.41) is 11.3. The first kappa shape index (κ1) is 13.9. The summed E-state index contributed by atoms with van der Waals surface area (Å²) in [6.07, 6.45) is 3.17. The zero-order chi connectivity index (χ0) is 13.3. The minimum absolute atomic E-state index is 0.367. The fraction of sp³-hybridized carbons (Fsp3) is 0.625. The third kappa shape index (κ3) is 3.07. The van der Waals surface area contributed by atoms with Crippen molar-refractivity contribution in [1.82, 2.24) is 0 Å². The van der Waals surface area contributed by atoms with Crippen LogP contribution in [0.15, 0.2) is 18.2 Å². The van der Waals surface area contributed by atoms with Crippen molar-refractivity contribution in [3.8, 4) is 0 Å². The Labute approximate surface area is 115 Å². The fourth-order valence-corrected chi connectivity index (χ4v) is 3.63. The molecule has 0 heterocycles. The summed E-state index contributed by atoms with van der Waals surface area (Å²) in [7, 11) is 0. The molecule has 1 aromatic carbocycles. The van der Waals surface area contributed by atoms with E-state index in [2.05, 4.69) is 13.8 Å². The van der Waals surface area contributed by atoms with E-state index < -0.39 is 0 Å². The molecule has 0 amide bonds. The van der Waals surface area contributed by atoms with Crippen molar-refractivity contribution in [3.63, 3.8) is 0 Å². The topological polar surface area (TPSA) is 20.2 Å². The molecule has 0 aliphatic heterocycles. The standard InChI is InChI=1S/C16H23ClO/c1-10-6-11(2)8-13(7-10)16(18)15-9-14(17)5-4-12(15)3/h4-5,9-11,13,16,18H,6-8H2,1-3H3. The molecule has 1 aliphatic rings. The van der Waals surface area contributed by atoms with Crippen LogP contribution in [0.5, 0.6) is 0 Å². The van der Waals surface area contributed by atoms with Gasteiger partial charge in [0.25, 0.3) is 0 Å². The molecule has 3 unspecified atom stereocenters. The summed E-state index contributed by atoms with van der Waals surface area (Å²) >= 11 is 6.05. The molecular weight excluding hydrogens is 244 g/mol. The second-order valence-corrected chi connectivity index (χ2v) is 6.56. The van der Waals surface area contributed by atoms with Crippen LogP contribution < -0.4 is 0 Å². The van der Waals surface area contributed by atoms with Gasteiger partial charge in [0.05, 0.1) is 6.10 Å². The molecule has 2 heteroatoms. The van der Waals surface area contributed by atoms with Crippen LogP contribution >= 0.6 is 11.6 Å². The molecule has 0 spiro atoms. The predicted molar refractivity (Wildman–Crippen MR) is 76.8 cm³/mol. The van der Waals surface area contributed by atoms with Crippen LogP contribution in [-0.2, 0) is 0 Å². The minimum Gasteiger partial charge on any atom is -0.388 e. The lowest BCUT2D eigenvalue weighted by Gasteiger charge is -2.35. The lowest BCUT2D eigenvalue weighted by molar-refractivity contribution is 0.0547. The number of halogens is 1. The van der Waals surface area contributed by atoms with Gasteiger partial charge in [0.2, 0.25) is 0 Å². The van der Waals surface area contributed by atoms with Gasteiger partial charge in [-0.3, -0.25) is 0 Å². The Hall–Kier alpha value is -0.530. The van der Waals surface area contributed by atoms with E-state index in [1.807, 2.05) is 25.1 Å². The Morgan fingerprint density at radius 1 is 1.17 bits per heavy atom. The normalized spacial score (nSPS) is 30.2. The first-order chi connectivity index (χ1) is 8.47. The van der Waals surface area contributed by atoms with Crippen LogP contribution in [0.25, 0.3) is 0 Å². The van der Waals surface area contributed by atoms with Crippen molar-refractivity contribution in [2.75, 3.05) is 0 Å². The maximum atomic E-state index is 10.6. The maximum absolute atomic E-state index is 10.6. The van der Waals surface area contributed by atoms with Gasteiger partial charge in [-0.05, 0) is 67.2 Å². The van der Waals surface area contributed by atoms with E-state index in [-0.39, 0.29) is 6.10 Å². The van der Waals surface area contributed by atoms with Gasteiger partial charge >= 0.3 is 0 Å². The van der Waals surface area contributed by atoms with Crippen molar-refractivity contribution >= 4 is 11.6 Å². The highest BCUT2D eigenvalue weighted by molar-refractivity contribution is 6.30. The highest BCUT2D eigenvalue weighted by Crippen LogP contribution is 2.40. The molecule has 1 nitrogen and oxygen atoms in total. The Balaban J connectivity index is 2.19. The smallest absolute Gasteiger partial charge is 0.0821 e. The molecule has 0 saturated heterocycles. The zero-order valence-electron chi connectivity index (χ0n) is 11.5. The van der Waals surface area contributed by atoms with Crippen LogP contribution in [0.1, 0.15) is 50.3 Å². The van der Waals surface area contributed by atoms with Crippen molar-refractivity contribution in [3.05, 3.63) is 34.3 Å². The van der Waals surface area contributed by atoms with Gasteiger partial charge in [0.15, 0.2) is 0 Å². The first-order valence-corrected chi connectivity index (χ1v) is 7.29. The highest BCUT2D eigenvalue weighted by Gasteiger charge is 2.30. The molecule has 18 heavy (non-hydrogen) atoms. The molecule has 0 aromatic heterocycles. The van der Waals surface area contributed by atoms with E-state index in [0.717, 1.165) is 24.0 Å². The van der Waals surface area contributed by atoms with Crippen LogP contribution in [0, 0.1) is 24.7 Å². The van der Waals surface area contributed by atoms with Crippen LogP contribution in [-0.4, -0.2) is 5.11 Å². The number of hydrogen-bond donors (Lipinski definition) is 1.